The summed E-state index contributed by atoms with van der Waals surface area (Å²) in [6.45, 7) is 0. The van der Waals surface area contributed by atoms with E-state index in [-0.39, 0.29) is 5.69 Å². The Morgan fingerprint density at radius 1 is 1.00 bits per heavy atom. The largest absolute Gasteiger partial charge is 0.289 e. The number of hydrogen-bond donors (Lipinski definition) is 2. The van der Waals surface area contributed by atoms with E-state index in [2.05, 4.69) is 36.3 Å². The third-order valence-electron chi connectivity index (χ3n) is 2.83. The van der Waals surface area contributed by atoms with E-state index in [9.17, 15) is 9.59 Å². The lowest BCUT2D eigenvalue weighted by Crippen LogP contribution is -2.41. The van der Waals surface area contributed by atoms with Crippen LogP contribution in [-0.2, 0) is 0 Å². The van der Waals surface area contributed by atoms with Gasteiger partial charge in [0.1, 0.15) is 12.0 Å². The Kier molecular flexibility index (Phi) is 3.96. The quantitative estimate of drug-likeness (QED) is 0.626. The van der Waals surface area contributed by atoms with Crippen LogP contribution in [0.25, 0.3) is 5.69 Å². The first kappa shape index (κ1) is 14.3. The van der Waals surface area contributed by atoms with Gasteiger partial charge in [-0.3, -0.25) is 25.4 Å². The summed E-state index contributed by atoms with van der Waals surface area (Å²) in [5.74, 6) is -1.03. The Morgan fingerprint density at radius 2 is 1.78 bits per heavy atom. The van der Waals surface area contributed by atoms with Crippen molar-refractivity contribution in [1.82, 2.24) is 41.0 Å². The van der Waals surface area contributed by atoms with Crippen LogP contribution in [0.1, 0.15) is 20.8 Å². The second kappa shape index (κ2) is 6.39. The fourth-order valence-corrected chi connectivity index (χ4v) is 1.71. The van der Waals surface area contributed by atoms with Crippen molar-refractivity contribution in [3.05, 3.63) is 60.4 Å². The van der Waals surface area contributed by atoms with Gasteiger partial charge >= 0.3 is 0 Å². The fraction of sp³-hybridized carbons (Fsp3) is 0. The second-order valence-corrected chi connectivity index (χ2v) is 4.30. The van der Waals surface area contributed by atoms with Crippen molar-refractivity contribution in [2.45, 2.75) is 0 Å². The molecule has 3 aromatic rings. The molecule has 10 nitrogen and oxygen atoms in total. The predicted octanol–water partition coefficient (Wildman–Crippen LogP) is -0.473. The zero-order chi connectivity index (χ0) is 16.1. The van der Waals surface area contributed by atoms with Gasteiger partial charge in [0.05, 0.1) is 11.9 Å². The molecule has 0 atom stereocenters. The number of carbonyl (C=O) groups excluding carboxylic acids is 2. The Balaban J connectivity index is 1.61. The number of benzene rings is 1. The highest BCUT2D eigenvalue weighted by Crippen LogP contribution is 2.07. The molecule has 0 aliphatic rings. The average molecular weight is 310 g/mol. The molecule has 0 bridgehead atoms. The molecule has 2 N–H and O–H groups in total. The molecule has 2 aromatic heterocycles. The maximum absolute atomic E-state index is 12.0. The van der Waals surface area contributed by atoms with Gasteiger partial charge in [-0.2, -0.15) is 0 Å². The van der Waals surface area contributed by atoms with Gasteiger partial charge in [-0.1, -0.05) is 0 Å². The predicted molar refractivity (Wildman–Crippen MR) is 76.1 cm³/mol. The molecule has 0 radical (unpaired) electrons. The summed E-state index contributed by atoms with van der Waals surface area (Å²) >= 11 is 0. The van der Waals surface area contributed by atoms with Crippen molar-refractivity contribution in [2.24, 2.45) is 0 Å². The highest BCUT2D eigenvalue weighted by atomic mass is 16.2. The van der Waals surface area contributed by atoms with E-state index < -0.39 is 11.8 Å². The second-order valence-electron chi connectivity index (χ2n) is 4.30. The minimum Gasteiger partial charge on any atom is -0.267 e. The Labute approximate surface area is 129 Å². The van der Waals surface area contributed by atoms with Gasteiger partial charge in [0.25, 0.3) is 11.8 Å². The first-order chi connectivity index (χ1) is 11.2. The van der Waals surface area contributed by atoms with Crippen LogP contribution >= 0.6 is 0 Å². The standard InChI is InChI=1S/C13H10N8O2/c22-12(17-18-13(23)11-7-14-5-6-15-11)9-1-3-10(4-2-9)21-8-16-19-20-21/h1-8H,(H,17,22)(H,18,23). The molecular formula is C13H10N8O2. The van der Waals surface area contributed by atoms with Crippen LogP contribution in [0.15, 0.2) is 49.2 Å². The summed E-state index contributed by atoms with van der Waals surface area (Å²) in [6.07, 6.45) is 5.56. The zero-order valence-corrected chi connectivity index (χ0v) is 11.6. The first-order valence-electron chi connectivity index (χ1n) is 6.44. The van der Waals surface area contributed by atoms with E-state index >= 15 is 0 Å². The van der Waals surface area contributed by atoms with Crippen LogP contribution in [0.2, 0.25) is 0 Å². The number of aromatic nitrogens is 6. The monoisotopic (exact) mass is 310 g/mol. The van der Waals surface area contributed by atoms with Crippen LogP contribution in [-0.4, -0.2) is 42.0 Å². The maximum Gasteiger partial charge on any atom is 0.289 e. The number of nitrogens with zero attached hydrogens (tertiary/aromatic N) is 6. The molecule has 23 heavy (non-hydrogen) atoms. The normalized spacial score (nSPS) is 10.1. The number of hydrazine groups is 1. The van der Waals surface area contributed by atoms with Crippen molar-refractivity contribution in [2.75, 3.05) is 0 Å². The van der Waals surface area contributed by atoms with E-state index in [0.717, 1.165) is 0 Å². The summed E-state index contributed by atoms with van der Waals surface area (Å²) in [4.78, 5) is 31.3. The van der Waals surface area contributed by atoms with E-state index in [0.29, 0.717) is 11.3 Å². The van der Waals surface area contributed by atoms with Crippen molar-refractivity contribution < 1.29 is 9.59 Å². The van der Waals surface area contributed by atoms with Gasteiger partial charge in [0.15, 0.2) is 0 Å². The molecule has 3 rings (SSSR count). The molecule has 2 amide bonds. The molecule has 114 valence electrons. The van der Waals surface area contributed by atoms with Crippen LogP contribution < -0.4 is 10.9 Å². The van der Waals surface area contributed by atoms with Crippen LogP contribution in [0.5, 0.6) is 0 Å². The van der Waals surface area contributed by atoms with Crippen molar-refractivity contribution in [3.63, 3.8) is 0 Å². The number of amides is 2. The van der Waals surface area contributed by atoms with Gasteiger partial charge in [0.2, 0.25) is 0 Å². The molecule has 0 aliphatic heterocycles. The van der Waals surface area contributed by atoms with Crippen LogP contribution in [0, 0.1) is 0 Å². The van der Waals surface area contributed by atoms with E-state index in [1.807, 2.05) is 0 Å². The summed E-state index contributed by atoms with van der Waals surface area (Å²) in [5.41, 5.74) is 5.72. The Hall–Kier alpha value is -3.69. The van der Waals surface area contributed by atoms with Crippen molar-refractivity contribution >= 4 is 11.8 Å². The molecule has 1 aromatic carbocycles. The third-order valence-corrected chi connectivity index (χ3v) is 2.83. The molecule has 2 heterocycles. The molecule has 0 aliphatic carbocycles. The molecule has 0 spiro atoms. The van der Waals surface area contributed by atoms with Gasteiger partial charge in [-0.25, -0.2) is 9.67 Å². The maximum atomic E-state index is 12.0. The SMILES string of the molecule is O=C(NNC(=O)c1cnccn1)c1ccc(-n2cnnn2)cc1. The smallest absolute Gasteiger partial charge is 0.267 e. The number of carbonyl (C=O) groups is 2. The van der Waals surface area contributed by atoms with Crippen LogP contribution in [0.3, 0.4) is 0 Å². The van der Waals surface area contributed by atoms with Crippen LogP contribution in [0.4, 0.5) is 0 Å². The highest BCUT2D eigenvalue weighted by Gasteiger charge is 2.10. The minimum atomic E-state index is -0.559. The van der Waals surface area contributed by atoms with Gasteiger partial charge in [0, 0.05) is 18.0 Å². The first-order valence-corrected chi connectivity index (χ1v) is 6.44. The molecule has 0 fully saturated rings. The lowest BCUT2D eigenvalue weighted by atomic mass is 10.2. The van der Waals surface area contributed by atoms with Gasteiger partial charge in [-0.15, -0.1) is 5.10 Å². The number of tetrazole rings is 1. The Morgan fingerprint density at radius 3 is 2.43 bits per heavy atom. The summed E-state index contributed by atoms with van der Waals surface area (Å²) in [7, 11) is 0. The topological polar surface area (TPSA) is 128 Å². The summed E-state index contributed by atoms with van der Waals surface area (Å²) < 4.78 is 1.46. The molecule has 10 heteroatoms. The molecule has 0 saturated carbocycles. The summed E-state index contributed by atoms with van der Waals surface area (Å²) in [5, 5.41) is 10.8. The van der Waals surface area contributed by atoms with Gasteiger partial charge in [-0.05, 0) is 34.7 Å². The van der Waals surface area contributed by atoms with E-state index in [4.69, 9.17) is 0 Å². The van der Waals surface area contributed by atoms with E-state index in [1.165, 1.54) is 29.6 Å². The number of nitrogens with one attached hydrogen (secondary N) is 2. The zero-order valence-electron chi connectivity index (χ0n) is 11.6. The lowest BCUT2D eigenvalue weighted by Gasteiger charge is -2.07. The van der Waals surface area contributed by atoms with E-state index in [1.54, 1.807) is 24.3 Å². The highest BCUT2D eigenvalue weighted by molar-refractivity contribution is 5.98. The van der Waals surface area contributed by atoms with Crippen molar-refractivity contribution in [3.8, 4) is 5.69 Å². The molecule has 0 saturated heterocycles. The Bertz CT molecular complexity index is 802. The number of rotatable bonds is 3. The van der Waals surface area contributed by atoms with Gasteiger partial charge < -0.3 is 0 Å². The average Bonchev–Trinajstić information content (AvgIpc) is 3.15. The van der Waals surface area contributed by atoms with Crippen molar-refractivity contribution in [1.29, 1.82) is 0 Å². The molecular weight excluding hydrogens is 300 g/mol. The number of hydrogen-bond acceptors (Lipinski definition) is 7. The minimum absolute atomic E-state index is 0.0989. The fourth-order valence-electron chi connectivity index (χ4n) is 1.71. The molecule has 0 unspecified atom stereocenters. The lowest BCUT2D eigenvalue weighted by molar-refractivity contribution is 0.0843. The summed E-state index contributed by atoms with van der Waals surface area (Å²) in [6, 6.07) is 6.52. The third kappa shape index (κ3) is 3.32.